The second kappa shape index (κ2) is 6.31. The van der Waals surface area contributed by atoms with Crippen molar-refractivity contribution in [3.8, 4) is 0 Å². The fourth-order valence-corrected chi connectivity index (χ4v) is 3.44. The molecule has 1 amide bonds. The van der Waals surface area contributed by atoms with E-state index in [2.05, 4.69) is 14.9 Å². The molecule has 1 aliphatic rings. The predicted molar refractivity (Wildman–Crippen MR) is 93.3 cm³/mol. The third-order valence-electron chi connectivity index (χ3n) is 3.98. The van der Waals surface area contributed by atoms with E-state index in [1.165, 1.54) is 0 Å². The van der Waals surface area contributed by atoms with Gasteiger partial charge in [-0.15, -0.1) is 11.8 Å². The number of amides is 1. The number of anilines is 1. The number of fused-ring (bicyclic) bond motifs is 1. The molecule has 1 saturated heterocycles. The molecule has 0 aromatic carbocycles. The zero-order chi connectivity index (χ0) is 16.6. The molecule has 0 saturated carbocycles. The Balaban J connectivity index is 2.25. The number of aromatic nitrogens is 3. The van der Waals surface area contributed by atoms with E-state index < -0.39 is 0 Å². The van der Waals surface area contributed by atoms with Gasteiger partial charge in [0.2, 0.25) is 0 Å². The lowest BCUT2D eigenvalue weighted by Gasteiger charge is -2.22. The second-order valence-electron chi connectivity index (χ2n) is 5.90. The standard InChI is InChI=1S/C16H21N5OS/c1-10-17-13-11(15(18-10)23-4)9-12(16(22)20(2)3)14(19-13)21-7-5-6-8-21/h9H,5-8H2,1-4H3. The van der Waals surface area contributed by atoms with E-state index in [-0.39, 0.29) is 5.91 Å². The van der Waals surface area contributed by atoms with Crippen LogP contribution in [-0.4, -0.2) is 59.2 Å². The van der Waals surface area contributed by atoms with Gasteiger partial charge in [-0.2, -0.15) is 0 Å². The van der Waals surface area contributed by atoms with Crippen LogP contribution in [0.5, 0.6) is 0 Å². The molecule has 23 heavy (non-hydrogen) atoms. The fourth-order valence-electron chi connectivity index (χ4n) is 2.85. The largest absolute Gasteiger partial charge is 0.356 e. The monoisotopic (exact) mass is 331 g/mol. The summed E-state index contributed by atoms with van der Waals surface area (Å²) in [5.74, 6) is 1.42. The van der Waals surface area contributed by atoms with Crippen molar-refractivity contribution < 1.29 is 4.79 Å². The smallest absolute Gasteiger partial charge is 0.257 e. The van der Waals surface area contributed by atoms with Gasteiger partial charge in [-0.3, -0.25) is 4.79 Å². The minimum Gasteiger partial charge on any atom is -0.356 e. The van der Waals surface area contributed by atoms with Crippen molar-refractivity contribution in [1.82, 2.24) is 19.9 Å². The Hall–Kier alpha value is -1.89. The molecular formula is C16H21N5OS. The number of carbonyl (C=O) groups is 1. The first-order valence-electron chi connectivity index (χ1n) is 7.71. The summed E-state index contributed by atoms with van der Waals surface area (Å²) >= 11 is 1.55. The molecule has 0 spiro atoms. The maximum Gasteiger partial charge on any atom is 0.257 e. The van der Waals surface area contributed by atoms with Crippen molar-refractivity contribution in [1.29, 1.82) is 0 Å². The molecule has 6 nitrogen and oxygen atoms in total. The molecule has 3 heterocycles. The Morgan fingerprint density at radius 3 is 2.52 bits per heavy atom. The van der Waals surface area contributed by atoms with Crippen LogP contribution in [0.4, 0.5) is 5.82 Å². The summed E-state index contributed by atoms with van der Waals surface area (Å²) in [7, 11) is 3.53. The van der Waals surface area contributed by atoms with Crippen LogP contribution in [-0.2, 0) is 0 Å². The van der Waals surface area contributed by atoms with Crippen LogP contribution < -0.4 is 4.90 Å². The highest BCUT2D eigenvalue weighted by Crippen LogP contribution is 2.30. The van der Waals surface area contributed by atoms with Crippen LogP contribution in [0.2, 0.25) is 0 Å². The zero-order valence-electron chi connectivity index (χ0n) is 14.0. The van der Waals surface area contributed by atoms with Gasteiger partial charge in [0.1, 0.15) is 16.7 Å². The van der Waals surface area contributed by atoms with Crippen LogP contribution >= 0.6 is 11.8 Å². The molecule has 0 radical (unpaired) electrons. The molecule has 0 aliphatic carbocycles. The Labute approximate surface area is 140 Å². The van der Waals surface area contributed by atoms with E-state index in [0.29, 0.717) is 17.0 Å². The molecule has 122 valence electrons. The van der Waals surface area contributed by atoms with Crippen LogP contribution in [0.1, 0.15) is 29.0 Å². The van der Waals surface area contributed by atoms with Gasteiger partial charge >= 0.3 is 0 Å². The SMILES string of the molecule is CSc1nc(C)nc2nc(N3CCCC3)c(C(=O)N(C)C)cc12. The number of carbonyl (C=O) groups excluding carboxylic acids is 1. The number of thioether (sulfide) groups is 1. The van der Waals surface area contributed by atoms with Gasteiger partial charge in [0.25, 0.3) is 5.91 Å². The van der Waals surface area contributed by atoms with Gasteiger partial charge in [-0.05, 0) is 32.1 Å². The Kier molecular flexibility index (Phi) is 4.39. The molecular weight excluding hydrogens is 310 g/mol. The predicted octanol–water partition coefficient (Wildman–Crippen LogP) is 2.36. The average Bonchev–Trinajstić information content (AvgIpc) is 3.06. The molecule has 1 aliphatic heterocycles. The summed E-state index contributed by atoms with van der Waals surface area (Å²) in [5.41, 5.74) is 1.30. The topological polar surface area (TPSA) is 62.2 Å². The second-order valence-corrected chi connectivity index (χ2v) is 6.70. The fraction of sp³-hybridized carbons (Fsp3) is 0.500. The number of hydrogen-bond donors (Lipinski definition) is 0. The first-order valence-corrected chi connectivity index (χ1v) is 8.93. The molecule has 0 atom stereocenters. The van der Waals surface area contributed by atoms with E-state index in [9.17, 15) is 4.79 Å². The molecule has 1 fully saturated rings. The molecule has 2 aromatic rings. The molecule has 7 heteroatoms. The number of nitrogens with zero attached hydrogens (tertiary/aromatic N) is 5. The van der Waals surface area contributed by atoms with Crippen molar-refractivity contribution in [2.45, 2.75) is 24.8 Å². The lowest BCUT2D eigenvalue weighted by molar-refractivity contribution is 0.0828. The van der Waals surface area contributed by atoms with Gasteiger partial charge < -0.3 is 9.80 Å². The van der Waals surface area contributed by atoms with Gasteiger partial charge in [-0.25, -0.2) is 15.0 Å². The first-order chi connectivity index (χ1) is 11.0. The lowest BCUT2D eigenvalue weighted by atomic mass is 10.1. The van der Waals surface area contributed by atoms with Crippen LogP contribution in [0.15, 0.2) is 11.1 Å². The summed E-state index contributed by atoms with van der Waals surface area (Å²) in [4.78, 5) is 30.1. The maximum absolute atomic E-state index is 12.6. The van der Waals surface area contributed by atoms with E-state index >= 15 is 0 Å². The summed E-state index contributed by atoms with van der Waals surface area (Å²) in [6.07, 6.45) is 4.24. The summed E-state index contributed by atoms with van der Waals surface area (Å²) in [6, 6.07) is 1.91. The molecule has 0 bridgehead atoms. The molecule has 3 rings (SSSR count). The highest BCUT2D eigenvalue weighted by atomic mass is 32.2. The van der Waals surface area contributed by atoms with E-state index in [1.807, 2.05) is 19.2 Å². The van der Waals surface area contributed by atoms with Crippen molar-refractivity contribution in [3.05, 3.63) is 17.5 Å². The summed E-state index contributed by atoms with van der Waals surface area (Å²) < 4.78 is 0. The van der Waals surface area contributed by atoms with Crippen molar-refractivity contribution >= 4 is 34.5 Å². The maximum atomic E-state index is 12.6. The third-order valence-corrected chi connectivity index (χ3v) is 4.68. The highest BCUT2D eigenvalue weighted by Gasteiger charge is 2.24. The molecule has 0 N–H and O–H groups in total. The van der Waals surface area contributed by atoms with Crippen molar-refractivity contribution in [3.63, 3.8) is 0 Å². The average molecular weight is 331 g/mol. The van der Waals surface area contributed by atoms with Crippen molar-refractivity contribution in [2.24, 2.45) is 0 Å². The highest BCUT2D eigenvalue weighted by molar-refractivity contribution is 7.98. The van der Waals surface area contributed by atoms with E-state index in [4.69, 9.17) is 4.98 Å². The number of pyridine rings is 1. The van der Waals surface area contributed by atoms with Gasteiger partial charge in [0.15, 0.2) is 5.65 Å². The van der Waals surface area contributed by atoms with Gasteiger partial charge in [-0.1, -0.05) is 0 Å². The van der Waals surface area contributed by atoms with Crippen LogP contribution in [0, 0.1) is 6.92 Å². The number of rotatable bonds is 3. The molecule has 0 unspecified atom stereocenters. The minimum absolute atomic E-state index is 0.0334. The summed E-state index contributed by atoms with van der Waals surface area (Å²) in [5, 5.41) is 1.71. The Morgan fingerprint density at radius 1 is 1.22 bits per heavy atom. The van der Waals surface area contributed by atoms with E-state index in [0.717, 1.165) is 42.2 Å². The van der Waals surface area contributed by atoms with Crippen LogP contribution in [0.25, 0.3) is 11.0 Å². The van der Waals surface area contributed by atoms with Crippen molar-refractivity contribution in [2.75, 3.05) is 38.3 Å². The normalized spacial score (nSPS) is 14.5. The van der Waals surface area contributed by atoms with Gasteiger partial charge in [0, 0.05) is 27.2 Å². The zero-order valence-corrected chi connectivity index (χ0v) is 14.8. The quantitative estimate of drug-likeness (QED) is 0.635. The minimum atomic E-state index is -0.0334. The number of aryl methyl sites for hydroxylation is 1. The van der Waals surface area contributed by atoms with Gasteiger partial charge in [0.05, 0.1) is 10.9 Å². The lowest BCUT2D eigenvalue weighted by Crippen LogP contribution is -2.27. The summed E-state index contributed by atoms with van der Waals surface area (Å²) in [6.45, 7) is 3.74. The van der Waals surface area contributed by atoms with Crippen LogP contribution in [0.3, 0.4) is 0 Å². The Bertz CT molecular complexity index is 756. The van der Waals surface area contributed by atoms with E-state index in [1.54, 1.807) is 30.8 Å². The Morgan fingerprint density at radius 2 is 1.91 bits per heavy atom. The first kappa shape index (κ1) is 16.0. The third kappa shape index (κ3) is 2.97. The molecule has 2 aromatic heterocycles. The number of hydrogen-bond acceptors (Lipinski definition) is 6.